The van der Waals surface area contributed by atoms with E-state index in [1.165, 1.54) is 0 Å². The predicted octanol–water partition coefficient (Wildman–Crippen LogP) is 4.51. The van der Waals surface area contributed by atoms with Gasteiger partial charge in [-0.3, -0.25) is 10.00 Å². The van der Waals surface area contributed by atoms with Gasteiger partial charge in [0.05, 0.1) is 17.5 Å². The number of nitrogens with one attached hydrogen (secondary N) is 1. The molecule has 1 aliphatic heterocycles. The number of aromatic nitrogens is 4. The summed E-state index contributed by atoms with van der Waals surface area (Å²) >= 11 is 0. The van der Waals surface area contributed by atoms with Crippen LogP contribution in [0.25, 0.3) is 22.8 Å². The van der Waals surface area contributed by atoms with Gasteiger partial charge >= 0.3 is 0 Å². The molecule has 2 aromatic heterocycles. The van der Waals surface area contributed by atoms with Crippen LogP contribution in [0.4, 0.5) is 4.39 Å². The molecule has 1 N–H and O–H groups in total. The quantitative estimate of drug-likeness (QED) is 0.580. The number of likely N-dealkylation sites (N-methyl/N-ethyl adjacent to an activating group) is 1. The summed E-state index contributed by atoms with van der Waals surface area (Å²) in [4.78, 5) is 2.16. The Labute approximate surface area is 182 Å². The van der Waals surface area contributed by atoms with Crippen molar-refractivity contribution in [2.75, 3.05) is 13.6 Å². The minimum atomic E-state index is -0.307. The summed E-state index contributed by atoms with van der Waals surface area (Å²) in [5, 5.41) is 11.9. The summed E-state index contributed by atoms with van der Waals surface area (Å²) in [7, 11) is 3.83. The van der Waals surface area contributed by atoms with E-state index in [4.69, 9.17) is 4.74 Å². The topological polar surface area (TPSA) is 59.0 Å². The first kappa shape index (κ1) is 21.1. The number of rotatable bonds is 0. The van der Waals surface area contributed by atoms with Crippen molar-refractivity contribution in [3.05, 3.63) is 64.9 Å². The van der Waals surface area contributed by atoms with Crippen molar-refractivity contribution in [3.8, 4) is 17.0 Å². The van der Waals surface area contributed by atoms with E-state index in [9.17, 15) is 0 Å². The number of aryl methyl sites for hydroxylation is 3. The number of allylic oxidation sites excluding steroid dienone is 2. The smallest absolute Gasteiger partial charge is 0.220 e. The normalized spacial score (nSPS) is 18.5. The highest BCUT2D eigenvalue weighted by atomic mass is 19.1. The first-order valence-corrected chi connectivity index (χ1v) is 10.3. The van der Waals surface area contributed by atoms with E-state index < -0.39 is 0 Å². The molecule has 0 spiro atoms. The van der Waals surface area contributed by atoms with E-state index in [1.807, 2.05) is 46.0 Å². The lowest BCUT2D eigenvalue weighted by Gasteiger charge is -2.22. The third kappa shape index (κ3) is 4.05. The Bertz CT molecular complexity index is 1170. The van der Waals surface area contributed by atoms with E-state index in [2.05, 4.69) is 26.8 Å². The molecule has 162 valence electrons. The molecule has 1 unspecified atom stereocenters. The van der Waals surface area contributed by atoms with Gasteiger partial charge in [-0.2, -0.15) is 10.2 Å². The lowest BCUT2D eigenvalue weighted by Crippen LogP contribution is -2.31. The fourth-order valence-electron chi connectivity index (χ4n) is 4.07. The van der Waals surface area contributed by atoms with Crippen LogP contribution in [0.2, 0.25) is 0 Å². The van der Waals surface area contributed by atoms with Gasteiger partial charge in [-0.05, 0) is 56.7 Å². The molecule has 0 aliphatic carbocycles. The molecule has 3 heterocycles. The standard InChI is InChI=1S/C24H28FN5O/c1-14-7-8-18-17(4)27-28-23(18)13-29(5)12-16(3)31-24-21(11-26-30(24)6)20-10-19(14)15(2)9-22(20)25/h7-11,16H,1,12-13H2,2-6H3,(H,27,28)/b8-7+. The minimum absolute atomic E-state index is 0.133. The molecule has 1 aromatic carbocycles. The molecule has 0 amide bonds. The zero-order valence-corrected chi connectivity index (χ0v) is 18.7. The van der Waals surface area contributed by atoms with Gasteiger partial charge < -0.3 is 4.74 Å². The average molecular weight is 422 g/mol. The van der Waals surface area contributed by atoms with Crippen LogP contribution in [0.3, 0.4) is 0 Å². The van der Waals surface area contributed by atoms with Gasteiger partial charge in [-0.25, -0.2) is 9.07 Å². The van der Waals surface area contributed by atoms with E-state index in [0.717, 1.165) is 33.7 Å². The Morgan fingerprint density at radius 2 is 1.94 bits per heavy atom. The molecule has 6 nitrogen and oxygen atoms in total. The second-order valence-electron chi connectivity index (χ2n) is 8.33. The van der Waals surface area contributed by atoms with Crippen LogP contribution in [0.5, 0.6) is 5.88 Å². The maximum absolute atomic E-state index is 15.0. The van der Waals surface area contributed by atoms with Crippen molar-refractivity contribution in [1.82, 2.24) is 24.9 Å². The number of fused-ring (bicyclic) bond motifs is 5. The number of nitrogens with zero attached hydrogens (tertiary/aromatic N) is 4. The Morgan fingerprint density at radius 3 is 2.71 bits per heavy atom. The van der Waals surface area contributed by atoms with Crippen molar-refractivity contribution in [2.24, 2.45) is 7.05 Å². The molecule has 1 aliphatic rings. The number of halogens is 1. The van der Waals surface area contributed by atoms with Crippen molar-refractivity contribution in [1.29, 1.82) is 0 Å². The Hall–Kier alpha value is -3.19. The van der Waals surface area contributed by atoms with E-state index in [0.29, 0.717) is 30.1 Å². The molecular weight excluding hydrogens is 393 g/mol. The fourth-order valence-corrected chi connectivity index (χ4v) is 4.07. The van der Waals surface area contributed by atoms with E-state index in [-0.39, 0.29) is 11.9 Å². The van der Waals surface area contributed by atoms with Gasteiger partial charge in [0.25, 0.3) is 0 Å². The molecule has 1 atom stereocenters. The van der Waals surface area contributed by atoms with Crippen LogP contribution in [0, 0.1) is 19.7 Å². The summed E-state index contributed by atoms with van der Waals surface area (Å²) in [6.45, 7) is 11.5. The number of hydrogen-bond donors (Lipinski definition) is 1. The highest BCUT2D eigenvalue weighted by Crippen LogP contribution is 2.35. The monoisotopic (exact) mass is 421 g/mol. The highest BCUT2D eigenvalue weighted by Gasteiger charge is 2.21. The molecular formula is C24H28FN5O. The van der Waals surface area contributed by atoms with Gasteiger partial charge in [0.15, 0.2) is 0 Å². The minimum Gasteiger partial charge on any atom is -0.473 e. The van der Waals surface area contributed by atoms with Crippen LogP contribution < -0.4 is 4.74 Å². The first-order chi connectivity index (χ1) is 14.7. The van der Waals surface area contributed by atoms with Crippen LogP contribution in [-0.2, 0) is 13.6 Å². The molecule has 31 heavy (non-hydrogen) atoms. The van der Waals surface area contributed by atoms with Gasteiger partial charge in [0, 0.05) is 37.0 Å². The Balaban J connectivity index is 1.88. The molecule has 7 heteroatoms. The van der Waals surface area contributed by atoms with Crippen LogP contribution in [0.15, 0.2) is 31.0 Å². The van der Waals surface area contributed by atoms with Crippen LogP contribution >= 0.6 is 0 Å². The van der Waals surface area contributed by atoms with E-state index >= 15 is 4.39 Å². The molecule has 0 radical (unpaired) electrons. The van der Waals surface area contributed by atoms with Gasteiger partial charge in [0.1, 0.15) is 11.9 Å². The number of hydrogen-bond acceptors (Lipinski definition) is 4. The van der Waals surface area contributed by atoms with Crippen LogP contribution in [0.1, 0.15) is 35.0 Å². The zero-order valence-electron chi connectivity index (χ0n) is 18.7. The largest absolute Gasteiger partial charge is 0.473 e. The van der Waals surface area contributed by atoms with Crippen molar-refractivity contribution < 1.29 is 9.13 Å². The lowest BCUT2D eigenvalue weighted by atomic mass is 9.95. The van der Waals surface area contributed by atoms with Gasteiger partial charge in [0.2, 0.25) is 5.88 Å². The number of benzene rings is 1. The molecule has 2 bridgehead atoms. The molecule has 0 fully saturated rings. The van der Waals surface area contributed by atoms with Crippen molar-refractivity contribution in [3.63, 3.8) is 0 Å². The molecule has 4 rings (SSSR count). The second-order valence-corrected chi connectivity index (χ2v) is 8.33. The summed E-state index contributed by atoms with van der Waals surface area (Å²) in [5.74, 6) is 0.236. The zero-order chi connectivity index (χ0) is 22.3. The Morgan fingerprint density at radius 1 is 1.16 bits per heavy atom. The summed E-state index contributed by atoms with van der Waals surface area (Å²) in [5.41, 5.74) is 6.59. The predicted molar refractivity (Wildman–Crippen MR) is 121 cm³/mol. The maximum Gasteiger partial charge on any atom is 0.220 e. The van der Waals surface area contributed by atoms with Crippen molar-refractivity contribution in [2.45, 2.75) is 33.4 Å². The summed E-state index contributed by atoms with van der Waals surface area (Å²) in [6.07, 6.45) is 5.51. The van der Waals surface area contributed by atoms with E-state index in [1.54, 1.807) is 24.0 Å². The molecule has 3 aromatic rings. The molecule has 0 saturated heterocycles. The van der Waals surface area contributed by atoms with Gasteiger partial charge in [-0.15, -0.1) is 0 Å². The summed E-state index contributed by atoms with van der Waals surface area (Å²) in [6, 6.07) is 3.38. The average Bonchev–Trinajstić information content (AvgIpc) is 3.22. The van der Waals surface area contributed by atoms with Gasteiger partial charge in [-0.1, -0.05) is 18.7 Å². The summed E-state index contributed by atoms with van der Waals surface area (Å²) < 4.78 is 22.9. The highest BCUT2D eigenvalue weighted by molar-refractivity contribution is 5.83. The number of H-pyrrole nitrogens is 1. The Kier molecular flexibility index (Phi) is 5.54. The maximum atomic E-state index is 15.0. The fraction of sp³-hybridized carbons (Fsp3) is 0.333. The number of aromatic amines is 1. The lowest BCUT2D eigenvalue weighted by molar-refractivity contribution is 0.148. The van der Waals surface area contributed by atoms with Crippen LogP contribution in [-0.4, -0.2) is 44.6 Å². The third-order valence-corrected chi connectivity index (χ3v) is 5.66. The number of ether oxygens (including phenoxy) is 1. The third-order valence-electron chi connectivity index (χ3n) is 5.66. The second kappa shape index (κ2) is 8.15. The first-order valence-electron chi connectivity index (χ1n) is 10.3. The SMILES string of the molecule is C=C1/C=C/c2c(n[nH]c2C)CN(C)CC(C)Oc2c(cnn2C)-c2cc1c(C)cc2F. The van der Waals surface area contributed by atoms with Crippen molar-refractivity contribution >= 4 is 11.6 Å². The molecule has 0 saturated carbocycles.